The Labute approximate surface area is 80.7 Å². The molecule has 0 radical (unpaired) electrons. The minimum Gasteiger partial charge on any atom is -0.358 e. The Kier molecular flexibility index (Phi) is 2.69. The van der Waals surface area contributed by atoms with Crippen molar-refractivity contribution in [1.29, 1.82) is 0 Å². The smallest absolute Gasteiger partial charge is 0.358 e. The van der Waals surface area contributed by atoms with Crippen LogP contribution < -0.4 is 0 Å². The molecule has 80 valence electrons. The number of hydrogen-bond acceptors (Lipinski definition) is 4. The zero-order valence-corrected chi connectivity index (χ0v) is 6.99. The van der Waals surface area contributed by atoms with Crippen molar-refractivity contribution < 1.29 is 22.9 Å². The number of aldehydes is 1. The second-order valence-corrected chi connectivity index (χ2v) is 2.47. The summed E-state index contributed by atoms with van der Waals surface area (Å²) in [4.78, 5) is 22.6. The normalized spacial score (nSPS) is 11.1. The summed E-state index contributed by atoms with van der Waals surface area (Å²) in [5.74, 6) is -1.10. The zero-order valence-electron chi connectivity index (χ0n) is 6.99. The van der Waals surface area contributed by atoms with E-state index in [1.54, 1.807) is 0 Å². The van der Waals surface area contributed by atoms with Gasteiger partial charge in [-0.3, -0.25) is 4.79 Å². The van der Waals surface area contributed by atoms with Gasteiger partial charge in [0.2, 0.25) is 0 Å². The van der Waals surface area contributed by atoms with E-state index in [4.69, 9.17) is 0 Å². The van der Waals surface area contributed by atoms with Gasteiger partial charge >= 0.3 is 12.0 Å². The maximum atomic E-state index is 12.3. The van der Waals surface area contributed by atoms with Crippen molar-refractivity contribution in [3.8, 4) is 0 Å². The summed E-state index contributed by atoms with van der Waals surface area (Å²) in [6.45, 7) is 0. The van der Waals surface area contributed by atoms with Crippen molar-refractivity contribution in [2.75, 3.05) is 0 Å². The van der Waals surface area contributed by atoms with Crippen molar-refractivity contribution in [2.45, 2.75) is 6.18 Å². The molecule has 0 aliphatic carbocycles. The highest BCUT2D eigenvalue weighted by atomic mass is 19.4. The summed E-state index contributed by atoms with van der Waals surface area (Å²) < 4.78 is 36.8. The number of nitrogens with zero attached hydrogens (tertiary/aromatic N) is 2. The first-order valence-electron chi connectivity index (χ1n) is 3.53. The van der Waals surface area contributed by atoms with Crippen LogP contribution in [0.2, 0.25) is 0 Å². The number of halogens is 3. The highest BCUT2D eigenvalue weighted by molar-refractivity contribution is 5.82. The van der Waals surface area contributed by atoms with Crippen LogP contribution in [0.4, 0.5) is 19.0 Å². The molecule has 0 bridgehead atoms. The molecule has 0 aliphatic heterocycles. The van der Waals surface area contributed by atoms with Gasteiger partial charge in [0.05, 0.1) is 5.56 Å². The molecule has 8 heteroatoms. The molecule has 0 spiro atoms. The van der Waals surface area contributed by atoms with Crippen LogP contribution >= 0.6 is 0 Å². The predicted molar refractivity (Wildman–Crippen MR) is 41.3 cm³/mol. The summed E-state index contributed by atoms with van der Waals surface area (Å²) in [6, 6.07) is 0.511. The molecule has 0 unspecified atom stereocenters. The van der Waals surface area contributed by atoms with Crippen molar-refractivity contribution in [3.05, 3.63) is 33.5 Å². The minimum atomic E-state index is -4.82. The van der Waals surface area contributed by atoms with Crippen molar-refractivity contribution in [3.63, 3.8) is 0 Å². The molecule has 0 atom stereocenters. The van der Waals surface area contributed by atoms with Crippen molar-refractivity contribution in [2.24, 2.45) is 0 Å². The average Bonchev–Trinajstić information content (AvgIpc) is 2.15. The Morgan fingerprint density at radius 3 is 2.47 bits per heavy atom. The quantitative estimate of drug-likeness (QED) is 0.433. The fourth-order valence-electron chi connectivity index (χ4n) is 0.971. The Bertz CT molecular complexity index is 416. The standard InChI is InChI=1S/C7H3F3N2O3/c8-7(9,10)5-1-2-11-6(12(14)15)4(5)3-13/h1-3H. The lowest BCUT2D eigenvalue weighted by atomic mass is 10.1. The summed E-state index contributed by atoms with van der Waals surface area (Å²) in [5, 5.41) is 10.3. The van der Waals surface area contributed by atoms with Gasteiger partial charge in [0.25, 0.3) is 0 Å². The van der Waals surface area contributed by atoms with E-state index in [0.717, 1.165) is 0 Å². The van der Waals surface area contributed by atoms with Gasteiger partial charge in [-0.2, -0.15) is 13.2 Å². The van der Waals surface area contributed by atoms with Gasteiger partial charge in [-0.25, -0.2) is 0 Å². The van der Waals surface area contributed by atoms with E-state index in [0.29, 0.717) is 12.3 Å². The van der Waals surface area contributed by atoms with Gasteiger partial charge in [-0.05, 0) is 16.0 Å². The van der Waals surface area contributed by atoms with Crippen molar-refractivity contribution in [1.82, 2.24) is 4.98 Å². The van der Waals surface area contributed by atoms with E-state index in [-0.39, 0.29) is 6.29 Å². The number of hydrogen-bond donors (Lipinski definition) is 0. The molecule has 0 fully saturated rings. The third kappa shape index (κ3) is 2.09. The fraction of sp³-hybridized carbons (Fsp3) is 0.143. The van der Waals surface area contributed by atoms with Crippen LogP contribution in [0.5, 0.6) is 0 Å². The molecule has 1 aromatic rings. The lowest BCUT2D eigenvalue weighted by Gasteiger charge is -2.07. The van der Waals surface area contributed by atoms with Gasteiger partial charge in [-0.1, -0.05) is 0 Å². The highest BCUT2D eigenvalue weighted by Crippen LogP contribution is 2.33. The number of aromatic nitrogens is 1. The van der Waals surface area contributed by atoms with Crippen molar-refractivity contribution >= 4 is 12.1 Å². The van der Waals surface area contributed by atoms with Gasteiger partial charge in [-0.15, -0.1) is 0 Å². The molecule has 1 heterocycles. The Morgan fingerprint density at radius 1 is 1.47 bits per heavy atom. The highest BCUT2D eigenvalue weighted by Gasteiger charge is 2.37. The molecule has 1 rings (SSSR count). The molecular formula is C7H3F3N2O3. The first-order chi connectivity index (χ1) is 6.88. The maximum absolute atomic E-state index is 12.3. The summed E-state index contributed by atoms with van der Waals surface area (Å²) in [5.41, 5.74) is -2.42. The summed E-state index contributed by atoms with van der Waals surface area (Å²) in [6.07, 6.45) is -4.41. The van der Waals surface area contributed by atoms with Crippen LogP contribution in [-0.4, -0.2) is 16.2 Å². The predicted octanol–water partition coefficient (Wildman–Crippen LogP) is 1.82. The monoisotopic (exact) mass is 220 g/mol. The minimum absolute atomic E-state index is 0.228. The van der Waals surface area contributed by atoms with E-state index in [9.17, 15) is 28.1 Å². The Morgan fingerprint density at radius 2 is 2.07 bits per heavy atom. The summed E-state index contributed by atoms with van der Waals surface area (Å²) in [7, 11) is 0. The van der Waals surface area contributed by atoms with Gasteiger partial charge in [0.15, 0.2) is 6.29 Å². The molecule has 1 aromatic heterocycles. The average molecular weight is 220 g/mol. The maximum Gasteiger partial charge on any atom is 0.417 e. The Balaban J connectivity index is 3.48. The molecule has 15 heavy (non-hydrogen) atoms. The van der Waals surface area contributed by atoms with Gasteiger partial charge in [0.1, 0.15) is 11.8 Å². The third-order valence-corrected chi connectivity index (χ3v) is 1.57. The van der Waals surface area contributed by atoms with Crippen LogP contribution in [0.1, 0.15) is 15.9 Å². The molecule has 0 N–H and O–H groups in total. The molecule has 5 nitrogen and oxygen atoms in total. The first-order valence-corrected chi connectivity index (χ1v) is 3.53. The molecule has 0 aromatic carbocycles. The molecular weight excluding hydrogens is 217 g/mol. The lowest BCUT2D eigenvalue weighted by Crippen LogP contribution is -2.11. The number of pyridine rings is 1. The molecule has 0 saturated heterocycles. The SMILES string of the molecule is O=Cc1c(C(F)(F)F)ccnc1[N+](=O)[O-]. The van der Waals surface area contributed by atoms with Crippen LogP contribution in [0.15, 0.2) is 12.3 Å². The van der Waals surface area contributed by atoms with E-state index in [1.165, 1.54) is 0 Å². The molecule has 0 saturated carbocycles. The van der Waals surface area contributed by atoms with E-state index >= 15 is 0 Å². The third-order valence-electron chi connectivity index (χ3n) is 1.57. The van der Waals surface area contributed by atoms with Crippen LogP contribution in [-0.2, 0) is 6.18 Å². The van der Waals surface area contributed by atoms with Gasteiger partial charge in [0, 0.05) is 0 Å². The Hall–Kier alpha value is -1.99. The molecule has 0 aliphatic rings. The number of alkyl halides is 3. The van der Waals surface area contributed by atoms with Crippen LogP contribution in [0.25, 0.3) is 0 Å². The van der Waals surface area contributed by atoms with Gasteiger partial charge < -0.3 is 10.1 Å². The summed E-state index contributed by atoms with van der Waals surface area (Å²) >= 11 is 0. The lowest BCUT2D eigenvalue weighted by molar-refractivity contribution is -0.390. The first kappa shape index (κ1) is 11.1. The van der Waals surface area contributed by atoms with Crippen LogP contribution in [0.3, 0.4) is 0 Å². The van der Waals surface area contributed by atoms with E-state index in [1.807, 2.05) is 0 Å². The fourth-order valence-corrected chi connectivity index (χ4v) is 0.971. The van der Waals surface area contributed by atoms with E-state index in [2.05, 4.69) is 4.98 Å². The largest absolute Gasteiger partial charge is 0.417 e. The molecule has 0 amide bonds. The number of carbonyl (C=O) groups is 1. The second-order valence-electron chi connectivity index (χ2n) is 2.47. The number of carbonyl (C=O) groups excluding carboxylic acids is 1. The van der Waals surface area contributed by atoms with E-state index < -0.39 is 28.0 Å². The number of nitro groups is 1. The van der Waals surface area contributed by atoms with Crippen LogP contribution in [0, 0.1) is 10.1 Å². The zero-order chi connectivity index (χ0) is 11.6. The second kappa shape index (κ2) is 3.64. The number of rotatable bonds is 2. The topological polar surface area (TPSA) is 73.1 Å².